The highest BCUT2D eigenvalue weighted by Gasteiger charge is 2.12. The summed E-state index contributed by atoms with van der Waals surface area (Å²) >= 11 is 0. The largest absolute Gasteiger partial charge is 0.384 e. The van der Waals surface area contributed by atoms with Gasteiger partial charge in [-0.25, -0.2) is 15.0 Å². The highest BCUT2D eigenvalue weighted by atomic mass is 15.1. The third-order valence-electron chi connectivity index (χ3n) is 4.38. The molecule has 4 aromatic rings. The van der Waals surface area contributed by atoms with Crippen LogP contribution in [0.4, 0.5) is 11.8 Å². The Bertz CT molecular complexity index is 1060. The number of rotatable bonds is 5. The van der Waals surface area contributed by atoms with Crippen molar-refractivity contribution in [2.24, 2.45) is 0 Å². The summed E-state index contributed by atoms with van der Waals surface area (Å²) in [6, 6.07) is 15.9. The number of aryl methyl sites for hydroxylation is 1. The van der Waals surface area contributed by atoms with E-state index >= 15 is 0 Å². The van der Waals surface area contributed by atoms with Crippen LogP contribution in [-0.4, -0.2) is 19.9 Å². The van der Waals surface area contributed by atoms with Crippen LogP contribution < -0.4 is 11.1 Å². The number of nitrogens with two attached hydrogens (primary N) is 1. The van der Waals surface area contributed by atoms with Crippen molar-refractivity contribution in [1.82, 2.24) is 19.9 Å². The number of hydrogen-bond acceptors (Lipinski definition) is 6. The lowest BCUT2D eigenvalue weighted by Crippen LogP contribution is -2.05. The summed E-state index contributed by atoms with van der Waals surface area (Å²) in [5, 5.41) is 3.27. The van der Waals surface area contributed by atoms with Gasteiger partial charge in [0.25, 0.3) is 0 Å². The van der Waals surface area contributed by atoms with E-state index in [-0.39, 0.29) is 0 Å². The summed E-state index contributed by atoms with van der Waals surface area (Å²) in [4.78, 5) is 17.6. The molecule has 4 rings (SSSR count). The molecule has 0 unspecified atom stereocenters. The molecule has 0 aliphatic rings. The van der Waals surface area contributed by atoms with Crippen LogP contribution in [0.25, 0.3) is 22.4 Å². The molecule has 138 valence electrons. The Morgan fingerprint density at radius 1 is 0.893 bits per heavy atom. The van der Waals surface area contributed by atoms with Crippen molar-refractivity contribution >= 4 is 11.8 Å². The van der Waals surface area contributed by atoms with Gasteiger partial charge in [0.2, 0.25) is 5.95 Å². The minimum Gasteiger partial charge on any atom is -0.384 e. The molecule has 0 saturated carbocycles. The van der Waals surface area contributed by atoms with Gasteiger partial charge in [-0.1, -0.05) is 35.9 Å². The second-order valence-corrected chi connectivity index (χ2v) is 6.51. The Hall–Kier alpha value is -3.80. The molecule has 0 saturated heterocycles. The van der Waals surface area contributed by atoms with E-state index in [0.29, 0.717) is 18.3 Å². The molecule has 3 aromatic heterocycles. The number of nitrogen functional groups attached to an aromatic ring is 1. The van der Waals surface area contributed by atoms with E-state index in [1.54, 1.807) is 18.5 Å². The predicted molar refractivity (Wildman–Crippen MR) is 111 cm³/mol. The lowest BCUT2D eigenvalue weighted by molar-refractivity contribution is 1.04. The molecular formula is C22H20N6. The molecule has 0 fully saturated rings. The zero-order valence-corrected chi connectivity index (χ0v) is 15.5. The van der Waals surface area contributed by atoms with Crippen molar-refractivity contribution in [3.8, 4) is 22.4 Å². The maximum atomic E-state index is 5.73. The van der Waals surface area contributed by atoms with E-state index in [1.165, 1.54) is 5.56 Å². The first-order valence-electron chi connectivity index (χ1n) is 8.98. The average Bonchev–Trinajstić information content (AvgIpc) is 2.74. The van der Waals surface area contributed by atoms with E-state index in [1.807, 2.05) is 30.6 Å². The first-order valence-corrected chi connectivity index (χ1v) is 8.98. The van der Waals surface area contributed by atoms with Gasteiger partial charge < -0.3 is 11.1 Å². The van der Waals surface area contributed by atoms with Gasteiger partial charge in [-0.15, -0.1) is 0 Å². The minimum atomic E-state index is 0.483. The molecule has 3 N–H and O–H groups in total. The normalized spacial score (nSPS) is 10.6. The van der Waals surface area contributed by atoms with E-state index in [4.69, 9.17) is 10.7 Å². The summed E-state index contributed by atoms with van der Waals surface area (Å²) in [5.41, 5.74) is 11.7. The van der Waals surface area contributed by atoms with Crippen LogP contribution in [0.15, 0.2) is 73.3 Å². The van der Waals surface area contributed by atoms with Gasteiger partial charge >= 0.3 is 0 Å². The summed E-state index contributed by atoms with van der Waals surface area (Å²) in [6.07, 6.45) is 7.14. The van der Waals surface area contributed by atoms with Crippen LogP contribution in [0.5, 0.6) is 0 Å². The Labute approximate surface area is 163 Å². The maximum absolute atomic E-state index is 5.73. The second-order valence-electron chi connectivity index (χ2n) is 6.51. The van der Waals surface area contributed by atoms with Gasteiger partial charge in [0.15, 0.2) is 0 Å². The second kappa shape index (κ2) is 7.84. The van der Waals surface area contributed by atoms with E-state index < -0.39 is 0 Å². The van der Waals surface area contributed by atoms with Crippen LogP contribution in [0, 0.1) is 6.92 Å². The monoisotopic (exact) mass is 368 g/mol. The summed E-state index contributed by atoms with van der Waals surface area (Å²) in [5.74, 6) is 1.04. The van der Waals surface area contributed by atoms with Gasteiger partial charge in [0.05, 0.1) is 5.69 Å². The van der Waals surface area contributed by atoms with Crippen molar-refractivity contribution in [3.05, 3.63) is 84.4 Å². The van der Waals surface area contributed by atoms with Gasteiger partial charge in [-0.3, -0.25) is 4.98 Å². The van der Waals surface area contributed by atoms with Crippen LogP contribution in [-0.2, 0) is 6.54 Å². The number of aromatic nitrogens is 4. The number of nitrogens with one attached hydrogen (secondary N) is 1. The van der Waals surface area contributed by atoms with Gasteiger partial charge in [-0.05, 0) is 30.7 Å². The lowest BCUT2D eigenvalue weighted by atomic mass is 10.0. The minimum absolute atomic E-state index is 0.483. The molecule has 0 aliphatic carbocycles. The Morgan fingerprint density at radius 3 is 2.43 bits per heavy atom. The first kappa shape index (κ1) is 17.6. The molecule has 0 aliphatic heterocycles. The molecular weight excluding hydrogens is 348 g/mol. The molecule has 6 nitrogen and oxygen atoms in total. The van der Waals surface area contributed by atoms with Gasteiger partial charge in [-0.2, -0.15) is 0 Å². The van der Waals surface area contributed by atoms with E-state index in [9.17, 15) is 0 Å². The van der Waals surface area contributed by atoms with Crippen molar-refractivity contribution < 1.29 is 0 Å². The zero-order valence-electron chi connectivity index (χ0n) is 15.5. The van der Waals surface area contributed by atoms with Crippen LogP contribution in [0.1, 0.15) is 11.1 Å². The fourth-order valence-electron chi connectivity index (χ4n) is 2.86. The highest BCUT2D eigenvalue weighted by molar-refractivity contribution is 5.80. The van der Waals surface area contributed by atoms with Crippen LogP contribution in [0.3, 0.4) is 0 Å². The predicted octanol–water partition coefficient (Wildman–Crippen LogP) is 4.10. The fraction of sp³-hybridized carbons (Fsp3) is 0.0909. The Kier molecular flexibility index (Phi) is 4.93. The van der Waals surface area contributed by atoms with Crippen molar-refractivity contribution in [2.45, 2.75) is 13.5 Å². The van der Waals surface area contributed by atoms with E-state index in [0.717, 1.165) is 27.9 Å². The fourth-order valence-corrected chi connectivity index (χ4v) is 2.86. The zero-order chi connectivity index (χ0) is 19.3. The molecule has 0 atom stereocenters. The number of pyridine rings is 2. The molecule has 6 heteroatoms. The SMILES string of the molecule is Cc1ccc(-c2nc(NCc3cccnc3)ncc2-c2ccc(N)nc2)cc1. The van der Waals surface area contributed by atoms with Gasteiger partial charge in [0.1, 0.15) is 5.82 Å². The highest BCUT2D eigenvalue weighted by Crippen LogP contribution is 2.31. The third kappa shape index (κ3) is 3.96. The van der Waals surface area contributed by atoms with Crippen LogP contribution in [0.2, 0.25) is 0 Å². The topological polar surface area (TPSA) is 89.6 Å². The Morgan fingerprint density at radius 2 is 1.71 bits per heavy atom. The molecule has 28 heavy (non-hydrogen) atoms. The number of benzene rings is 1. The number of hydrogen-bond donors (Lipinski definition) is 2. The number of anilines is 2. The molecule has 1 aromatic carbocycles. The summed E-state index contributed by atoms with van der Waals surface area (Å²) in [7, 11) is 0. The lowest BCUT2D eigenvalue weighted by Gasteiger charge is -2.12. The Balaban J connectivity index is 1.71. The molecule has 0 amide bonds. The molecule has 0 radical (unpaired) electrons. The van der Waals surface area contributed by atoms with Crippen molar-refractivity contribution in [1.29, 1.82) is 0 Å². The average molecular weight is 368 g/mol. The summed E-state index contributed by atoms with van der Waals surface area (Å²) < 4.78 is 0. The first-order chi connectivity index (χ1) is 13.7. The molecule has 0 spiro atoms. The quantitative estimate of drug-likeness (QED) is 0.551. The smallest absolute Gasteiger partial charge is 0.223 e. The van der Waals surface area contributed by atoms with Gasteiger partial charge in [0, 0.05) is 48.0 Å². The number of nitrogens with zero attached hydrogens (tertiary/aromatic N) is 4. The standard InChI is InChI=1S/C22H20N6/c1-15-4-6-17(7-5-15)21-19(18-8-9-20(23)25-13-18)14-27-22(28-21)26-12-16-3-2-10-24-11-16/h2-11,13-14H,12H2,1H3,(H2,23,25)(H,26,27,28). The van der Waals surface area contributed by atoms with Crippen molar-refractivity contribution in [2.75, 3.05) is 11.1 Å². The molecule has 3 heterocycles. The van der Waals surface area contributed by atoms with Crippen molar-refractivity contribution in [3.63, 3.8) is 0 Å². The third-order valence-corrected chi connectivity index (χ3v) is 4.38. The summed E-state index contributed by atoms with van der Waals surface area (Å²) in [6.45, 7) is 2.67. The maximum Gasteiger partial charge on any atom is 0.223 e. The van der Waals surface area contributed by atoms with Crippen LogP contribution >= 0.6 is 0 Å². The van der Waals surface area contributed by atoms with E-state index in [2.05, 4.69) is 51.5 Å². The molecule has 0 bridgehead atoms.